The van der Waals surface area contributed by atoms with Crippen molar-refractivity contribution in [3.63, 3.8) is 0 Å². The van der Waals surface area contributed by atoms with E-state index in [2.05, 4.69) is 0 Å². The SMILES string of the molecule is C1C[CH2][AlH][CH2]C1.[Cl-].[Li+]. The van der Waals surface area contributed by atoms with Crippen LogP contribution >= 0.6 is 0 Å². The summed E-state index contributed by atoms with van der Waals surface area (Å²) in [5, 5.41) is 3.28. The molecule has 0 amide bonds. The second-order valence-corrected chi connectivity index (χ2v) is 4.24. The average Bonchev–Trinajstić information content (AvgIpc) is 1.72. The van der Waals surface area contributed by atoms with Gasteiger partial charge < -0.3 is 12.4 Å². The monoisotopic (exact) mass is 140 g/mol. The third kappa shape index (κ3) is 5.55. The molecule has 0 atom stereocenters. The van der Waals surface area contributed by atoms with E-state index in [4.69, 9.17) is 0 Å². The summed E-state index contributed by atoms with van der Waals surface area (Å²) in [6, 6.07) is 0. The molecule has 1 heterocycles. The topological polar surface area (TPSA) is 0 Å². The van der Waals surface area contributed by atoms with Crippen molar-refractivity contribution < 1.29 is 31.3 Å². The fourth-order valence-corrected chi connectivity index (χ4v) is 2.83. The fraction of sp³-hybridized carbons (Fsp3) is 1.00. The van der Waals surface area contributed by atoms with Crippen LogP contribution < -0.4 is 31.3 Å². The van der Waals surface area contributed by atoms with E-state index in [-0.39, 0.29) is 31.3 Å². The normalized spacial score (nSPS) is 17.0. The summed E-state index contributed by atoms with van der Waals surface area (Å²) in [5.74, 6) is 0. The van der Waals surface area contributed by atoms with E-state index in [1.54, 1.807) is 23.4 Å². The van der Waals surface area contributed by atoms with E-state index < -0.39 is 0 Å². The largest absolute Gasteiger partial charge is 1.00 e. The summed E-state index contributed by atoms with van der Waals surface area (Å²) in [6.07, 6.45) is 4.66. The van der Waals surface area contributed by atoms with E-state index >= 15 is 0 Å². The Labute approximate surface area is 76.1 Å². The summed E-state index contributed by atoms with van der Waals surface area (Å²) in [5.41, 5.74) is 0. The predicted molar refractivity (Wildman–Crippen MR) is 30.6 cm³/mol. The van der Waals surface area contributed by atoms with Crippen molar-refractivity contribution in [1.82, 2.24) is 0 Å². The molecule has 0 nitrogen and oxygen atoms in total. The first-order valence-corrected chi connectivity index (χ1v) is 5.00. The van der Waals surface area contributed by atoms with E-state index in [9.17, 15) is 0 Å². The van der Waals surface area contributed by atoms with E-state index in [1.165, 1.54) is 6.42 Å². The van der Waals surface area contributed by atoms with Crippen LogP contribution in [0.5, 0.6) is 0 Å². The standard InChI is InChI=1S/C5H10.Al.ClH.Li.H/c1-3-5-4-2;;;;/h1-5H2;;1H;;/q;;;+1;/p-1. The van der Waals surface area contributed by atoms with Crippen molar-refractivity contribution in [3.8, 4) is 0 Å². The fourth-order valence-electron chi connectivity index (χ4n) is 1.06. The molecule has 1 aliphatic rings. The van der Waals surface area contributed by atoms with Gasteiger partial charge in [-0.2, -0.15) is 0 Å². The molecule has 0 spiro atoms. The first-order chi connectivity index (χ1) is 3.00. The summed E-state index contributed by atoms with van der Waals surface area (Å²) in [6.45, 7) is 0. The Morgan fingerprint density at radius 3 is 1.50 bits per heavy atom. The van der Waals surface area contributed by atoms with Crippen LogP contribution in [0.4, 0.5) is 0 Å². The molecule has 0 aromatic heterocycles. The molecular weight excluding hydrogens is 129 g/mol. The Kier molecular flexibility index (Phi) is 12.8. The Balaban J connectivity index is 0. The van der Waals surface area contributed by atoms with Crippen molar-refractivity contribution in [2.45, 2.75) is 29.8 Å². The van der Waals surface area contributed by atoms with Gasteiger partial charge in [-0.05, 0) is 0 Å². The van der Waals surface area contributed by atoms with Crippen molar-refractivity contribution in [1.29, 1.82) is 0 Å². The smallest absolute Gasteiger partial charge is 1.00 e. The summed E-state index contributed by atoms with van der Waals surface area (Å²) < 4.78 is 0. The molecule has 0 N–H and O–H groups in total. The summed E-state index contributed by atoms with van der Waals surface area (Å²) in [4.78, 5) is 0. The third-order valence-corrected chi connectivity index (χ3v) is 3.50. The molecule has 8 heavy (non-hydrogen) atoms. The van der Waals surface area contributed by atoms with Crippen LogP contribution in [0.2, 0.25) is 10.6 Å². The van der Waals surface area contributed by atoms with Gasteiger partial charge in [-0.25, -0.2) is 0 Å². The van der Waals surface area contributed by atoms with Crippen LogP contribution in [0.1, 0.15) is 19.3 Å². The molecule has 1 saturated heterocycles. The first-order valence-electron chi connectivity index (χ1n) is 3.00. The van der Waals surface area contributed by atoms with Gasteiger partial charge in [0.25, 0.3) is 0 Å². The van der Waals surface area contributed by atoms with Gasteiger partial charge in [0.15, 0.2) is 0 Å². The Hall–Kier alpha value is 1.42. The molecule has 3 heteroatoms. The predicted octanol–water partition coefficient (Wildman–Crippen LogP) is -4.55. The Morgan fingerprint density at radius 1 is 0.875 bits per heavy atom. The second kappa shape index (κ2) is 8.42. The molecular formula is C5H11AlClLi. The van der Waals surface area contributed by atoms with Gasteiger partial charge >= 0.3 is 18.9 Å². The van der Waals surface area contributed by atoms with Crippen molar-refractivity contribution >= 4 is 15.2 Å². The second-order valence-electron chi connectivity index (χ2n) is 2.12. The zero-order valence-corrected chi connectivity index (χ0v) is 7.79. The molecule has 0 aromatic rings. The van der Waals surface area contributed by atoms with Gasteiger partial charge in [0.05, 0.1) is 0 Å². The zero-order valence-electron chi connectivity index (χ0n) is 5.62. The molecule has 1 fully saturated rings. The molecule has 0 bridgehead atoms. The maximum absolute atomic E-state index is 1.64. The zero-order chi connectivity index (χ0) is 4.24. The molecule has 0 saturated carbocycles. The van der Waals surface area contributed by atoms with Crippen LogP contribution in [-0.2, 0) is 0 Å². The minimum absolute atomic E-state index is 0. The molecule has 1 aliphatic heterocycles. The van der Waals surface area contributed by atoms with E-state index in [1.807, 2.05) is 0 Å². The van der Waals surface area contributed by atoms with Gasteiger partial charge in [-0.1, -0.05) is 29.8 Å². The van der Waals surface area contributed by atoms with Crippen LogP contribution in [0.3, 0.4) is 0 Å². The number of hydrogen-bond acceptors (Lipinski definition) is 0. The number of halogens is 1. The minimum atomic E-state index is 0. The molecule has 42 valence electrons. The van der Waals surface area contributed by atoms with Crippen LogP contribution in [-0.4, -0.2) is 15.2 Å². The quantitative estimate of drug-likeness (QED) is 0.298. The number of hydrogen-bond donors (Lipinski definition) is 0. The summed E-state index contributed by atoms with van der Waals surface area (Å²) >= 11 is 0.508. The van der Waals surface area contributed by atoms with Gasteiger partial charge in [0.2, 0.25) is 15.2 Å². The van der Waals surface area contributed by atoms with Gasteiger partial charge in [-0.15, -0.1) is 0 Å². The molecule has 0 unspecified atom stereocenters. The third-order valence-electron chi connectivity index (χ3n) is 1.50. The van der Waals surface area contributed by atoms with Gasteiger partial charge in [-0.3, -0.25) is 0 Å². The van der Waals surface area contributed by atoms with Crippen molar-refractivity contribution in [2.75, 3.05) is 0 Å². The van der Waals surface area contributed by atoms with E-state index in [0.717, 1.165) is 0 Å². The van der Waals surface area contributed by atoms with Crippen LogP contribution in [0, 0.1) is 0 Å². The Bertz CT molecular complexity index is 27.9. The van der Waals surface area contributed by atoms with Crippen molar-refractivity contribution in [2.24, 2.45) is 0 Å². The van der Waals surface area contributed by atoms with Gasteiger partial charge in [0.1, 0.15) is 0 Å². The van der Waals surface area contributed by atoms with Crippen LogP contribution in [0.25, 0.3) is 0 Å². The first kappa shape index (κ1) is 12.1. The summed E-state index contributed by atoms with van der Waals surface area (Å²) in [7, 11) is 0. The Morgan fingerprint density at radius 2 is 1.38 bits per heavy atom. The molecule has 0 aromatic carbocycles. The maximum Gasteiger partial charge on any atom is 1.00 e. The van der Waals surface area contributed by atoms with E-state index in [0.29, 0.717) is 15.2 Å². The molecule has 0 radical (unpaired) electrons. The van der Waals surface area contributed by atoms with Crippen LogP contribution in [0.15, 0.2) is 0 Å². The minimum Gasteiger partial charge on any atom is -1.00 e. The average molecular weight is 141 g/mol. The molecule has 1 rings (SSSR count). The van der Waals surface area contributed by atoms with Crippen molar-refractivity contribution in [3.05, 3.63) is 0 Å². The maximum atomic E-state index is 1.64. The number of rotatable bonds is 0. The molecule has 0 aliphatic carbocycles. The van der Waals surface area contributed by atoms with Gasteiger partial charge in [0, 0.05) is 0 Å².